The van der Waals surface area contributed by atoms with Crippen LogP contribution in [0.4, 0.5) is 0 Å². The summed E-state index contributed by atoms with van der Waals surface area (Å²) in [5, 5.41) is 11.5. The quantitative estimate of drug-likeness (QED) is 0.431. The highest BCUT2D eigenvalue weighted by molar-refractivity contribution is 5.80. The van der Waals surface area contributed by atoms with Crippen molar-refractivity contribution >= 4 is 12.0 Å². The van der Waals surface area contributed by atoms with Gasteiger partial charge in [-0.3, -0.25) is 9.69 Å². The van der Waals surface area contributed by atoms with Gasteiger partial charge in [-0.2, -0.15) is 0 Å². The summed E-state index contributed by atoms with van der Waals surface area (Å²) in [6.07, 6.45) is 4.51. The summed E-state index contributed by atoms with van der Waals surface area (Å²) in [4.78, 5) is 14.0. The number of rotatable bonds is 3. The largest absolute Gasteiger partial charge is 0.411 e. The lowest BCUT2D eigenvalue weighted by molar-refractivity contribution is -0.130. The summed E-state index contributed by atoms with van der Waals surface area (Å²) < 4.78 is 0. The zero-order chi connectivity index (χ0) is 10.8. The van der Waals surface area contributed by atoms with E-state index in [1.54, 1.807) is 6.92 Å². The molecule has 3 rings (SSSR count). The maximum atomic E-state index is 11.6. The molecular formula is C11H18N2O2. The van der Waals surface area contributed by atoms with E-state index in [2.05, 4.69) is 10.1 Å². The van der Waals surface area contributed by atoms with E-state index in [9.17, 15) is 4.79 Å². The Morgan fingerprint density at radius 1 is 1.53 bits per heavy atom. The van der Waals surface area contributed by atoms with E-state index in [1.165, 1.54) is 6.21 Å². The second-order valence-corrected chi connectivity index (χ2v) is 4.61. The van der Waals surface area contributed by atoms with Gasteiger partial charge in [0.25, 0.3) is 0 Å². The lowest BCUT2D eigenvalue weighted by Gasteiger charge is -2.49. The molecule has 0 amide bonds. The van der Waals surface area contributed by atoms with Crippen LogP contribution in [-0.4, -0.2) is 41.2 Å². The molecule has 4 nitrogen and oxygen atoms in total. The van der Waals surface area contributed by atoms with Crippen LogP contribution in [-0.2, 0) is 4.79 Å². The molecular weight excluding hydrogens is 192 g/mol. The minimum atomic E-state index is 0.158. The van der Waals surface area contributed by atoms with Crippen molar-refractivity contribution in [3.8, 4) is 0 Å². The molecule has 0 aromatic rings. The van der Waals surface area contributed by atoms with Gasteiger partial charge in [-0.05, 0) is 38.8 Å². The van der Waals surface area contributed by atoms with Crippen LogP contribution in [0, 0.1) is 11.8 Å². The highest BCUT2D eigenvalue weighted by Crippen LogP contribution is 2.38. The summed E-state index contributed by atoms with van der Waals surface area (Å²) in [5.74, 6) is 1.01. The Labute approximate surface area is 89.9 Å². The molecule has 0 aromatic carbocycles. The molecule has 0 aromatic heterocycles. The molecule has 3 aliphatic rings. The zero-order valence-corrected chi connectivity index (χ0v) is 9.09. The van der Waals surface area contributed by atoms with Crippen molar-refractivity contribution in [3.05, 3.63) is 0 Å². The van der Waals surface area contributed by atoms with Crippen molar-refractivity contribution in [2.24, 2.45) is 17.0 Å². The average Bonchev–Trinajstić information content (AvgIpc) is 2.26. The molecule has 3 aliphatic heterocycles. The molecule has 2 bridgehead atoms. The van der Waals surface area contributed by atoms with E-state index < -0.39 is 0 Å². The smallest absolute Gasteiger partial charge is 0.134 e. The van der Waals surface area contributed by atoms with E-state index in [-0.39, 0.29) is 12.0 Å². The second kappa shape index (κ2) is 4.31. The molecule has 0 spiro atoms. The first-order valence-corrected chi connectivity index (χ1v) is 5.64. The highest BCUT2D eigenvalue weighted by Gasteiger charge is 2.43. The predicted octanol–water partition coefficient (Wildman–Crippen LogP) is 1.14. The molecule has 4 heteroatoms. The number of oxime groups is 1. The van der Waals surface area contributed by atoms with Crippen LogP contribution < -0.4 is 0 Å². The first-order valence-electron chi connectivity index (χ1n) is 5.64. The average molecular weight is 210 g/mol. The second-order valence-electron chi connectivity index (χ2n) is 4.61. The van der Waals surface area contributed by atoms with Crippen molar-refractivity contribution in [2.75, 3.05) is 13.1 Å². The van der Waals surface area contributed by atoms with Crippen molar-refractivity contribution < 1.29 is 10.0 Å². The van der Waals surface area contributed by atoms with Crippen LogP contribution in [0.1, 0.15) is 26.2 Å². The normalized spacial score (nSPS) is 39.8. The van der Waals surface area contributed by atoms with Crippen molar-refractivity contribution in [2.45, 2.75) is 32.2 Å². The Hall–Kier alpha value is -0.900. The first-order chi connectivity index (χ1) is 7.24. The van der Waals surface area contributed by atoms with Gasteiger partial charge < -0.3 is 5.21 Å². The maximum Gasteiger partial charge on any atom is 0.134 e. The van der Waals surface area contributed by atoms with Crippen molar-refractivity contribution in [1.82, 2.24) is 4.90 Å². The minimum Gasteiger partial charge on any atom is -0.411 e. The predicted molar refractivity (Wildman–Crippen MR) is 57.2 cm³/mol. The van der Waals surface area contributed by atoms with Crippen LogP contribution in [0.5, 0.6) is 0 Å². The van der Waals surface area contributed by atoms with Crippen LogP contribution in [0.3, 0.4) is 0 Å². The third kappa shape index (κ3) is 1.91. The summed E-state index contributed by atoms with van der Waals surface area (Å²) in [6.45, 7) is 3.88. The fourth-order valence-corrected chi connectivity index (χ4v) is 3.21. The Balaban J connectivity index is 2.13. The first kappa shape index (κ1) is 10.6. The van der Waals surface area contributed by atoms with Gasteiger partial charge >= 0.3 is 0 Å². The number of carbonyl (C=O) groups is 1. The third-order valence-electron chi connectivity index (χ3n) is 3.86. The fourth-order valence-electron chi connectivity index (χ4n) is 3.21. The van der Waals surface area contributed by atoms with Gasteiger partial charge in [-0.1, -0.05) is 0 Å². The molecule has 84 valence electrons. The summed E-state index contributed by atoms with van der Waals surface area (Å²) >= 11 is 0. The van der Waals surface area contributed by atoms with Crippen molar-refractivity contribution in [3.63, 3.8) is 0 Å². The number of carbonyl (C=O) groups excluding carboxylic acids is 1. The molecule has 3 heterocycles. The number of hydrogen-bond donors (Lipinski definition) is 1. The monoisotopic (exact) mass is 210 g/mol. The Kier molecular flexibility index (Phi) is 3.05. The van der Waals surface area contributed by atoms with Gasteiger partial charge in [0.1, 0.15) is 5.78 Å². The zero-order valence-electron chi connectivity index (χ0n) is 9.09. The van der Waals surface area contributed by atoms with Gasteiger partial charge in [0.2, 0.25) is 0 Å². The number of nitrogens with zero attached hydrogens (tertiary/aromatic N) is 2. The van der Waals surface area contributed by atoms with Crippen molar-refractivity contribution in [1.29, 1.82) is 0 Å². The molecule has 3 saturated heterocycles. The van der Waals surface area contributed by atoms with Crippen LogP contribution in [0.25, 0.3) is 0 Å². The van der Waals surface area contributed by atoms with Gasteiger partial charge in [-0.15, -0.1) is 5.16 Å². The van der Waals surface area contributed by atoms with Crippen LogP contribution in [0.2, 0.25) is 0 Å². The maximum absolute atomic E-state index is 11.6. The van der Waals surface area contributed by atoms with Gasteiger partial charge in [0.05, 0.1) is 0 Å². The minimum absolute atomic E-state index is 0.158. The summed E-state index contributed by atoms with van der Waals surface area (Å²) in [6, 6.07) is 0.269. The molecule has 1 N–H and O–H groups in total. The van der Waals surface area contributed by atoms with Gasteiger partial charge in [0.15, 0.2) is 0 Å². The molecule has 0 aliphatic carbocycles. The highest BCUT2D eigenvalue weighted by atomic mass is 16.4. The summed E-state index contributed by atoms with van der Waals surface area (Å²) in [5.41, 5.74) is 0. The molecule has 0 radical (unpaired) electrons. The Morgan fingerprint density at radius 2 is 2.20 bits per heavy atom. The van der Waals surface area contributed by atoms with E-state index in [0.29, 0.717) is 18.1 Å². The Morgan fingerprint density at radius 3 is 2.73 bits per heavy atom. The molecule has 15 heavy (non-hydrogen) atoms. The SMILES string of the molecule is CC(=O)C1C2CCN(CC2)C1CC=NO. The van der Waals surface area contributed by atoms with E-state index in [0.717, 1.165) is 25.9 Å². The number of Topliss-reactive ketones (excluding diaryl/α,β-unsaturated/α-hetero) is 1. The number of ketones is 1. The van der Waals surface area contributed by atoms with E-state index >= 15 is 0 Å². The number of hydrogen-bond acceptors (Lipinski definition) is 4. The topological polar surface area (TPSA) is 52.9 Å². The van der Waals surface area contributed by atoms with Gasteiger partial charge in [-0.25, -0.2) is 0 Å². The number of piperidine rings is 3. The standard InChI is InChI=1S/C11H18N2O2/c1-8(14)11-9-3-6-13(7-4-9)10(11)2-5-12-15/h5,9-11,15H,2-4,6-7H2,1H3. The molecule has 3 fully saturated rings. The van der Waals surface area contributed by atoms with Gasteiger partial charge in [0, 0.05) is 24.6 Å². The number of fused-ring (bicyclic) bond motifs is 3. The third-order valence-corrected chi connectivity index (χ3v) is 3.86. The van der Waals surface area contributed by atoms with Crippen LogP contribution >= 0.6 is 0 Å². The van der Waals surface area contributed by atoms with E-state index in [1.807, 2.05) is 0 Å². The Bertz CT molecular complexity index is 270. The lowest BCUT2D eigenvalue weighted by atomic mass is 9.71. The van der Waals surface area contributed by atoms with E-state index in [4.69, 9.17) is 5.21 Å². The fraction of sp³-hybridized carbons (Fsp3) is 0.818. The summed E-state index contributed by atoms with van der Waals surface area (Å²) in [7, 11) is 0. The molecule has 2 atom stereocenters. The lowest BCUT2D eigenvalue weighted by Crippen LogP contribution is -2.56. The molecule has 2 unspecified atom stereocenters. The molecule has 0 saturated carbocycles. The van der Waals surface area contributed by atoms with Crippen LogP contribution in [0.15, 0.2) is 5.16 Å².